The predicted molar refractivity (Wildman–Crippen MR) is 113 cm³/mol. The van der Waals surface area contributed by atoms with Gasteiger partial charge in [0.25, 0.3) is 11.8 Å². The van der Waals surface area contributed by atoms with E-state index in [-0.39, 0.29) is 17.9 Å². The number of nitrogens with zero attached hydrogens (tertiary/aromatic N) is 5. The molecule has 0 aliphatic carbocycles. The van der Waals surface area contributed by atoms with Crippen LogP contribution in [0.2, 0.25) is 5.02 Å². The van der Waals surface area contributed by atoms with Crippen molar-refractivity contribution in [1.29, 1.82) is 0 Å². The van der Waals surface area contributed by atoms with Gasteiger partial charge in [-0.1, -0.05) is 41.0 Å². The minimum Gasteiger partial charge on any atom is -0.337 e. The van der Waals surface area contributed by atoms with Crippen molar-refractivity contribution in [3.63, 3.8) is 0 Å². The molecule has 0 saturated carbocycles. The number of rotatable bonds is 4. The maximum absolute atomic E-state index is 13.1. The number of hydrogen-bond acceptors (Lipinski definition) is 7. The third-order valence-corrected chi connectivity index (χ3v) is 5.88. The average molecular weight is 444 g/mol. The van der Waals surface area contributed by atoms with Gasteiger partial charge in [-0.15, -0.1) is 0 Å². The van der Waals surface area contributed by atoms with Crippen LogP contribution in [0.1, 0.15) is 44.3 Å². The lowest BCUT2D eigenvalue weighted by atomic mass is 10.1. The Kier molecular flexibility index (Phi) is 4.17. The molecular formula is C23H14ClN5O3. The normalized spacial score (nSPS) is 21.7. The highest BCUT2D eigenvalue weighted by atomic mass is 35.5. The minimum absolute atomic E-state index is 0.313. The van der Waals surface area contributed by atoms with Crippen molar-refractivity contribution < 1.29 is 14.1 Å². The molecule has 2 aliphatic heterocycles. The second kappa shape index (κ2) is 7.08. The molecule has 0 spiro atoms. The predicted octanol–water partition coefficient (Wildman–Crippen LogP) is 4.09. The molecule has 32 heavy (non-hydrogen) atoms. The molecule has 9 heteroatoms. The Bertz CT molecular complexity index is 1320. The summed E-state index contributed by atoms with van der Waals surface area (Å²) in [7, 11) is 0. The monoisotopic (exact) mass is 443 g/mol. The maximum Gasteiger partial charge on any atom is 0.276 e. The third kappa shape index (κ3) is 2.84. The number of fused-ring (bicyclic) bond motifs is 1. The lowest BCUT2D eigenvalue weighted by molar-refractivity contribution is 0.0332. The molecule has 0 radical (unpaired) electrons. The molecule has 2 aromatic heterocycles. The molecule has 2 aliphatic rings. The van der Waals surface area contributed by atoms with Gasteiger partial charge in [0.05, 0.1) is 17.2 Å². The first-order valence-electron chi connectivity index (χ1n) is 9.89. The zero-order valence-electron chi connectivity index (χ0n) is 16.4. The molecule has 1 saturated heterocycles. The van der Waals surface area contributed by atoms with Crippen LogP contribution >= 0.6 is 11.6 Å². The number of pyridine rings is 1. The largest absolute Gasteiger partial charge is 0.337 e. The Labute approximate surface area is 187 Å². The highest BCUT2D eigenvalue weighted by Crippen LogP contribution is 2.56. The quantitative estimate of drug-likeness (QED) is 0.346. The van der Waals surface area contributed by atoms with Gasteiger partial charge in [-0.3, -0.25) is 14.6 Å². The smallest absolute Gasteiger partial charge is 0.276 e. The van der Waals surface area contributed by atoms with Gasteiger partial charge in [-0.2, -0.15) is 9.99 Å². The number of halogens is 1. The lowest BCUT2D eigenvalue weighted by Crippen LogP contribution is -2.35. The van der Waals surface area contributed by atoms with Gasteiger partial charge in [-0.05, 0) is 42.0 Å². The van der Waals surface area contributed by atoms with Gasteiger partial charge >= 0.3 is 0 Å². The van der Waals surface area contributed by atoms with Crippen LogP contribution < -0.4 is 0 Å². The summed E-state index contributed by atoms with van der Waals surface area (Å²) in [6, 6.07) is 16.8. The summed E-state index contributed by atoms with van der Waals surface area (Å²) in [6.07, 6.45) is 3.29. The SMILES string of the molecule is O=C1c2ccccc2C(=O)N1N1C(c2ccc(Cl)cc2)C1c1nc(-c2ccncc2)no1. The zero-order chi connectivity index (χ0) is 21.8. The molecule has 0 bridgehead atoms. The number of imide groups is 1. The van der Waals surface area contributed by atoms with E-state index >= 15 is 0 Å². The maximum atomic E-state index is 13.1. The van der Waals surface area contributed by atoms with Crippen LogP contribution in [-0.4, -0.2) is 37.0 Å². The van der Waals surface area contributed by atoms with Gasteiger partial charge < -0.3 is 4.52 Å². The molecule has 4 aromatic rings. The fraction of sp³-hybridized carbons (Fsp3) is 0.0870. The fourth-order valence-corrected chi connectivity index (χ4v) is 4.20. The number of benzene rings is 2. The van der Waals surface area contributed by atoms with Crippen molar-refractivity contribution >= 4 is 23.4 Å². The van der Waals surface area contributed by atoms with Crippen molar-refractivity contribution in [2.75, 3.05) is 0 Å². The van der Waals surface area contributed by atoms with Crippen molar-refractivity contribution in [3.8, 4) is 11.4 Å². The third-order valence-electron chi connectivity index (χ3n) is 5.63. The molecule has 2 amide bonds. The number of carbonyl (C=O) groups is 2. The number of amides is 2. The van der Waals surface area contributed by atoms with Crippen LogP contribution in [0, 0.1) is 0 Å². The summed E-state index contributed by atoms with van der Waals surface area (Å²) in [4.78, 5) is 34.7. The van der Waals surface area contributed by atoms with E-state index in [4.69, 9.17) is 16.1 Å². The van der Waals surface area contributed by atoms with E-state index in [1.165, 1.54) is 5.01 Å². The Hall–Kier alpha value is -3.88. The van der Waals surface area contributed by atoms with Gasteiger partial charge in [-0.25, -0.2) is 5.01 Å². The molecule has 1 fully saturated rings. The average Bonchev–Trinajstić information content (AvgIpc) is 3.23. The first-order valence-corrected chi connectivity index (χ1v) is 10.3. The van der Waals surface area contributed by atoms with Crippen molar-refractivity contribution in [1.82, 2.24) is 25.1 Å². The highest BCUT2D eigenvalue weighted by Gasteiger charge is 2.61. The molecule has 3 atom stereocenters. The molecule has 4 heterocycles. The fourth-order valence-electron chi connectivity index (χ4n) is 4.07. The van der Waals surface area contributed by atoms with E-state index in [2.05, 4.69) is 15.1 Å². The number of hydrogen-bond donors (Lipinski definition) is 0. The van der Waals surface area contributed by atoms with E-state index in [0.717, 1.165) is 11.1 Å². The molecule has 0 N–H and O–H groups in total. The second-order valence-corrected chi connectivity index (χ2v) is 7.92. The summed E-state index contributed by atoms with van der Waals surface area (Å²) in [5.41, 5.74) is 2.38. The van der Waals surface area contributed by atoms with E-state index in [9.17, 15) is 9.59 Å². The molecular weight excluding hydrogens is 430 g/mol. The minimum atomic E-state index is -0.471. The number of carbonyl (C=O) groups excluding carboxylic acids is 2. The Morgan fingerprint density at radius 2 is 1.50 bits per heavy atom. The number of hydrazine groups is 1. The Balaban J connectivity index is 1.40. The summed E-state index contributed by atoms with van der Waals surface area (Å²) in [5.74, 6) is -0.0262. The summed E-state index contributed by atoms with van der Waals surface area (Å²) in [6.45, 7) is 0. The van der Waals surface area contributed by atoms with E-state index < -0.39 is 6.04 Å². The van der Waals surface area contributed by atoms with Gasteiger partial charge in [0, 0.05) is 23.0 Å². The summed E-state index contributed by atoms with van der Waals surface area (Å²) >= 11 is 6.05. The molecule has 3 unspecified atom stereocenters. The van der Waals surface area contributed by atoms with Gasteiger partial charge in [0.15, 0.2) is 0 Å². The van der Waals surface area contributed by atoms with Gasteiger partial charge in [0.2, 0.25) is 11.7 Å². The Morgan fingerprint density at radius 3 is 2.16 bits per heavy atom. The van der Waals surface area contributed by atoms with E-state index in [1.807, 2.05) is 12.1 Å². The summed E-state index contributed by atoms with van der Waals surface area (Å²) in [5, 5.41) is 7.52. The first kappa shape index (κ1) is 18.9. The summed E-state index contributed by atoms with van der Waals surface area (Å²) < 4.78 is 5.56. The van der Waals surface area contributed by atoms with Crippen LogP contribution in [0.3, 0.4) is 0 Å². The molecule has 2 aromatic carbocycles. The first-order chi connectivity index (χ1) is 15.6. The van der Waals surface area contributed by atoms with Crippen LogP contribution in [0.4, 0.5) is 0 Å². The van der Waals surface area contributed by atoms with Crippen molar-refractivity contribution in [2.45, 2.75) is 12.1 Å². The molecule has 6 rings (SSSR count). The van der Waals surface area contributed by atoms with E-state index in [1.54, 1.807) is 65.9 Å². The second-order valence-electron chi connectivity index (χ2n) is 7.48. The topological polar surface area (TPSA) is 92.2 Å². The van der Waals surface area contributed by atoms with Crippen molar-refractivity contribution in [2.24, 2.45) is 0 Å². The van der Waals surface area contributed by atoms with Crippen molar-refractivity contribution in [3.05, 3.63) is 101 Å². The molecule has 156 valence electrons. The van der Waals surface area contributed by atoms with Crippen LogP contribution in [0.5, 0.6) is 0 Å². The number of aromatic nitrogens is 3. The van der Waals surface area contributed by atoms with Crippen LogP contribution in [-0.2, 0) is 0 Å². The highest BCUT2D eigenvalue weighted by molar-refractivity contribution is 6.30. The standard InChI is InChI=1S/C23H14ClN5O3/c24-15-7-5-13(6-8-15)18-19(21-26-20(27-32-21)14-9-11-25-12-10-14)28(18)29-22(30)16-3-1-2-4-17(16)23(29)31/h1-12,18-19H. The Morgan fingerprint density at radius 1 is 0.844 bits per heavy atom. The van der Waals surface area contributed by atoms with E-state index in [0.29, 0.717) is 27.9 Å². The zero-order valence-corrected chi connectivity index (χ0v) is 17.2. The lowest BCUT2D eigenvalue weighted by Gasteiger charge is -2.16. The van der Waals surface area contributed by atoms with Gasteiger partial charge in [0.1, 0.15) is 6.04 Å². The van der Waals surface area contributed by atoms with Crippen LogP contribution in [0.25, 0.3) is 11.4 Å². The van der Waals surface area contributed by atoms with Crippen LogP contribution in [0.15, 0.2) is 77.6 Å². The molecule has 8 nitrogen and oxygen atoms in total.